The lowest BCUT2D eigenvalue weighted by Crippen LogP contribution is -2.22. The van der Waals surface area contributed by atoms with Crippen LogP contribution in [0.25, 0.3) is 0 Å². The van der Waals surface area contributed by atoms with Gasteiger partial charge in [0.15, 0.2) is 24.9 Å². The number of rotatable bonds is 7. The summed E-state index contributed by atoms with van der Waals surface area (Å²) in [4.78, 5) is 28.1. The van der Waals surface area contributed by atoms with Gasteiger partial charge in [0.05, 0.1) is 6.07 Å². The van der Waals surface area contributed by atoms with Crippen molar-refractivity contribution in [1.82, 2.24) is 4.98 Å². The number of hydrogen-bond donors (Lipinski definition) is 0. The first kappa shape index (κ1) is 18.1. The first-order chi connectivity index (χ1) is 12.6. The van der Waals surface area contributed by atoms with Crippen LogP contribution in [-0.4, -0.2) is 30.0 Å². The fourth-order valence-electron chi connectivity index (χ4n) is 2.83. The molecule has 0 radical (unpaired) electrons. The fourth-order valence-corrected chi connectivity index (χ4v) is 3.69. The van der Waals surface area contributed by atoms with Crippen LogP contribution >= 0.6 is 11.3 Å². The highest BCUT2D eigenvalue weighted by Gasteiger charge is 2.24. The predicted molar refractivity (Wildman–Crippen MR) is 95.1 cm³/mol. The van der Waals surface area contributed by atoms with Gasteiger partial charge in [-0.2, -0.15) is 5.26 Å². The van der Waals surface area contributed by atoms with Gasteiger partial charge in [0.25, 0.3) is 0 Å². The second-order valence-corrected chi connectivity index (χ2v) is 6.98. The summed E-state index contributed by atoms with van der Waals surface area (Å²) in [5, 5.41) is 11.4. The molecule has 1 aliphatic carbocycles. The Morgan fingerprint density at radius 1 is 1.31 bits per heavy atom. The SMILES string of the molecule is Cc1csc([C@@H](C#N)C(=O)COC(=O)COc2ccc3c(c2)CCC3)n1. The van der Waals surface area contributed by atoms with Gasteiger partial charge in [-0.1, -0.05) is 6.07 Å². The second kappa shape index (κ2) is 8.11. The number of esters is 1. The zero-order valence-electron chi connectivity index (χ0n) is 14.4. The summed E-state index contributed by atoms with van der Waals surface area (Å²) in [5.41, 5.74) is 3.32. The Labute approximate surface area is 155 Å². The Morgan fingerprint density at radius 2 is 2.12 bits per heavy atom. The van der Waals surface area contributed by atoms with Crippen molar-refractivity contribution < 1.29 is 19.1 Å². The number of fused-ring (bicyclic) bond motifs is 1. The van der Waals surface area contributed by atoms with Gasteiger partial charge >= 0.3 is 5.97 Å². The van der Waals surface area contributed by atoms with Crippen molar-refractivity contribution in [2.45, 2.75) is 32.1 Å². The molecule has 1 atom stereocenters. The van der Waals surface area contributed by atoms with Gasteiger partial charge < -0.3 is 9.47 Å². The molecule has 1 aromatic carbocycles. The lowest BCUT2D eigenvalue weighted by atomic mass is 10.1. The third kappa shape index (κ3) is 4.27. The third-order valence-electron chi connectivity index (χ3n) is 4.14. The number of ketones is 1. The topological polar surface area (TPSA) is 89.3 Å². The molecular weight excluding hydrogens is 352 g/mol. The molecule has 3 rings (SSSR count). The van der Waals surface area contributed by atoms with Crippen LogP contribution in [0.3, 0.4) is 0 Å². The van der Waals surface area contributed by atoms with Gasteiger partial charge in [-0.15, -0.1) is 11.3 Å². The van der Waals surface area contributed by atoms with E-state index in [0.717, 1.165) is 25.0 Å². The van der Waals surface area contributed by atoms with E-state index in [1.54, 1.807) is 12.3 Å². The van der Waals surface area contributed by atoms with Crippen LogP contribution < -0.4 is 4.74 Å². The molecule has 7 heteroatoms. The van der Waals surface area contributed by atoms with Gasteiger partial charge in [-0.3, -0.25) is 4.79 Å². The normalized spacial score (nSPS) is 13.5. The molecule has 0 amide bonds. The van der Waals surface area contributed by atoms with Crippen molar-refractivity contribution in [3.05, 3.63) is 45.4 Å². The molecule has 1 heterocycles. The van der Waals surface area contributed by atoms with Crippen molar-refractivity contribution in [1.29, 1.82) is 5.26 Å². The maximum absolute atomic E-state index is 12.1. The maximum atomic E-state index is 12.1. The molecule has 6 nitrogen and oxygen atoms in total. The number of nitrogens with zero attached hydrogens (tertiary/aromatic N) is 2. The molecule has 2 aromatic rings. The Balaban J connectivity index is 1.47. The fraction of sp³-hybridized carbons (Fsp3) is 0.368. The number of aryl methyl sites for hydroxylation is 3. The minimum Gasteiger partial charge on any atom is -0.482 e. The van der Waals surface area contributed by atoms with E-state index in [4.69, 9.17) is 9.47 Å². The zero-order chi connectivity index (χ0) is 18.5. The molecule has 0 unspecified atom stereocenters. The lowest BCUT2D eigenvalue weighted by Gasteiger charge is -2.09. The van der Waals surface area contributed by atoms with E-state index in [1.807, 2.05) is 24.3 Å². The van der Waals surface area contributed by atoms with E-state index in [1.165, 1.54) is 22.5 Å². The molecule has 0 bridgehead atoms. The highest BCUT2D eigenvalue weighted by atomic mass is 32.1. The number of carbonyl (C=O) groups excluding carboxylic acids is 2. The Kier molecular flexibility index (Phi) is 5.64. The molecule has 0 saturated heterocycles. The van der Waals surface area contributed by atoms with Crippen LogP contribution in [0, 0.1) is 18.3 Å². The molecule has 0 spiro atoms. The van der Waals surface area contributed by atoms with Crippen LogP contribution in [0.15, 0.2) is 23.6 Å². The molecule has 26 heavy (non-hydrogen) atoms. The largest absolute Gasteiger partial charge is 0.482 e. The molecule has 134 valence electrons. The van der Waals surface area contributed by atoms with E-state index in [2.05, 4.69) is 4.98 Å². The van der Waals surface area contributed by atoms with Crippen LogP contribution in [0.5, 0.6) is 5.75 Å². The summed E-state index contributed by atoms with van der Waals surface area (Å²) >= 11 is 1.24. The van der Waals surface area contributed by atoms with E-state index in [-0.39, 0.29) is 6.61 Å². The molecule has 0 saturated carbocycles. The Hall–Kier alpha value is -2.72. The summed E-state index contributed by atoms with van der Waals surface area (Å²) in [5.74, 6) is -1.54. The quantitative estimate of drug-likeness (QED) is 0.696. The van der Waals surface area contributed by atoms with Crippen molar-refractivity contribution in [3.63, 3.8) is 0 Å². The van der Waals surface area contributed by atoms with Crippen LogP contribution in [0.2, 0.25) is 0 Å². The minimum atomic E-state index is -1.01. The average molecular weight is 370 g/mol. The number of ether oxygens (including phenoxy) is 2. The van der Waals surface area contributed by atoms with Crippen molar-refractivity contribution in [2.75, 3.05) is 13.2 Å². The van der Waals surface area contributed by atoms with Crippen molar-refractivity contribution in [2.24, 2.45) is 0 Å². The monoisotopic (exact) mass is 370 g/mol. The summed E-state index contributed by atoms with van der Waals surface area (Å²) in [7, 11) is 0. The summed E-state index contributed by atoms with van der Waals surface area (Å²) < 4.78 is 10.4. The molecule has 0 N–H and O–H groups in total. The maximum Gasteiger partial charge on any atom is 0.344 e. The van der Waals surface area contributed by atoms with Gasteiger partial charge in [-0.25, -0.2) is 9.78 Å². The van der Waals surface area contributed by atoms with Crippen LogP contribution in [-0.2, 0) is 27.2 Å². The Morgan fingerprint density at radius 3 is 2.85 bits per heavy atom. The molecule has 1 aliphatic rings. The number of benzene rings is 1. The number of hydrogen-bond acceptors (Lipinski definition) is 7. The molecule has 0 aliphatic heterocycles. The Bertz CT molecular complexity index is 869. The van der Waals surface area contributed by atoms with Gasteiger partial charge in [-0.05, 0) is 49.4 Å². The number of carbonyl (C=O) groups is 2. The van der Waals surface area contributed by atoms with Crippen molar-refractivity contribution >= 4 is 23.1 Å². The second-order valence-electron chi connectivity index (χ2n) is 6.09. The van der Waals surface area contributed by atoms with E-state index < -0.39 is 24.3 Å². The number of Topliss-reactive ketones (excluding diaryl/α,β-unsaturated/α-hetero) is 1. The predicted octanol–water partition coefficient (Wildman–Crippen LogP) is 2.74. The first-order valence-electron chi connectivity index (χ1n) is 8.31. The standard InChI is InChI=1S/C19H18N2O4S/c1-12-11-26-19(21-12)16(8-20)17(22)9-25-18(23)10-24-15-6-5-13-3-2-4-14(13)7-15/h5-7,11,16H,2-4,9-10H2,1H3/t16-/m0/s1. The van der Waals surface area contributed by atoms with E-state index >= 15 is 0 Å². The van der Waals surface area contributed by atoms with Gasteiger partial charge in [0.1, 0.15) is 10.8 Å². The number of aromatic nitrogens is 1. The minimum absolute atomic E-state index is 0.278. The first-order valence-corrected chi connectivity index (χ1v) is 9.19. The third-order valence-corrected chi connectivity index (χ3v) is 5.16. The average Bonchev–Trinajstić information content (AvgIpc) is 3.27. The lowest BCUT2D eigenvalue weighted by molar-refractivity contribution is -0.150. The molecular formula is C19H18N2O4S. The molecule has 1 aromatic heterocycles. The van der Waals surface area contributed by atoms with E-state index in [0.29, 0.717) is 10.8 Å². The van der Waals surface area contributed by atoms with Gasteiger partial charge in [0.2, 0.25) is 0 Å². The molecule has 0 fully saturated rings. The smallest absolute Gasteiger partial charge is 0.344 e. The highest BCUT2D eigenvalue weighted by molar-refractivity contribution is 7.09. The van der Waals surface area contributed by atoms with Gasteiger partial charge in [0, 0.05) is 11.1 Å². The van der Waals surface area contributed by atoms with Crippen molar-refractivity contribution in [3.8, 4) is 11.8 Å². The van der Waals surface area contributed by atoms with Crippen LogP contribution in [0.1, 0.15) is 34.2 Å². The van der Waals surface area contributed by atoms with E-state index in [9.17, 15) is 14.9 Å². The highest BCUT2D eigenvalue weighted by Crippen LogP contribution is 2.26. The van der Waals surface area contributed by atoms with Crippen LogP contribution in [0.4, 0.5) is 0 Å². The number of thiazole rings is 1. The zero-order valence-corrected chi connectivity index (χ0v) is 15.2. The number of nitriles is 1. The summed E-state index contributed by atoms with van der Waals surface area (Å²) in [6.45, 7) is 1.04. The summed E-state index contributed by atoms with van der Waals surface area (Å²) in [6, 6.07) is 7.70. The summed E-state index contributed by atoms with van der Waals surface area (Å²) in [6.07, 6.45) is 3.25.